The molecule has 0 saturated heterocycles. The van der Waals surface area contributed by atoms with Gasteiger partial charge in [-0.25, -0.2) is 4.79 Å². The molecule has 2 aromatic carbocycles. The molecule has 0 aliphatic rings. The van der Waals surface area contributed by atoms with Gasteiger partial charge in [-0.15, -0.1) is 0 Å². The third-order valence-electron chi connectivity index (χ3n) is 4.16. The zero-order valence-electron chi connectivity index (χ0n) is 15.8. The molecule has 0 unspecified atom stereocenters. The highest BCUT2D eigenvalue weighted by Crippen LogP contribution is 2.10. The first-order valence-electron chi connectivity index (χ1n) is 9.12. The quantitative estimate of drug-likeness (QED) is 0.542. The van der Waals surface area contributed by atoms with Crippen LogP contribution >= 0.6 is 0 Å². The normalized spacial score (nSPS) is 10.3. The Morgan fingerprint density at radius 1 is 0.889 bits per heavy atom. The molecule has 0 atom stereocenters. The number of rotatable bonds is 9. The molecule has 2 rings (SSSR count). The first-order chi connectivity index (χ1) is 13.0. The molecule has 0 spiro atoms. The van der Waals surface area contributed by atoms with Gasteiger partial charge in [0.1, 0.15) is 0 Å². The molecule has 1 N–H and O–H groups in total. The average molecular weight is 367 g/mol. The molecule has 1 amide bonds. The molecule has 0 saturated carbocycles. The minimum absolute atomic E-state index is 0.115. The first-order valence-corrected chi connectivity index (χ1v) is 9.12. The van der Waals surface area contributed by atoms with Crippen molar-refractivity contribution in [1.29, 1.82) is 0 Å². The third-order valence-corrected chi connectivity index (χ3v) is 4.16. The molecule has 142 valence electrons. The van der Waals surface area contributed by atoms with E-state index in [-0.39, 0.29) is 18.3 Å². The number of esters is 1. The number of ketones is 1. The van der Waals surface area contributed by atoms with Crippen molar-refractivity contribution in [2.45, 2.75) is 39.7 Å². The van der Waals surface area contributed by atoms with E-state index >= 15 is 0 Å². The van der Waals surface area contributed by atoms with Gasteiger partial charge in [-0.1, -0.05) is 49.7 Å². The number of carbonyl (C=O) groups is 3. The minimum atomic E-state index is -0.547. The summed E-state index contributed by atoms with van der Waals surface area (Å²) < 4.78 is 5.12. The Labute approximate surface area is 159 Å². The van der Waals surface area contributed by atoms with Crippen LogP contribution in [0, 0.1) is 0 Å². The number of nitrogens with one attached hydrogen (secondary N) is 1. The standard InChI is InChI=1S/C22H25NO4/c1-3-4-5-17-6-10-19(11-7-17)21(25)15-27-22(26)20-12-8-18(9-13-20)14-23-16(2)24/h6-13H,3-5,14-15H2,1-2H3,(H,23,24). The molecule has 0 aliphatic heterocycles. The van der Waals surface area contributed by atoms with E-state index in [0.29, 0.717) is 17.7 Å². The van der Waals surface area contributed by atoms with Gasteiger partial charge in [-0.2, -0.15) is 0 Å². The fourth-order valence-corrected chi connectivity index (χ4v) is 2.52. The Morgan fingerprint density at radius 2 is 1.48 bits per heavy atom. The van der Waals surface area contributed by atoms with E-state index < -0.39 is 5.97 Å². The number of unbranched alkanes of at least 4 members (excludes halogenated alkanes) is 1. The number of benzene rings is 2. The number of carbonyl (C=O) groups excluding carboxylic acids is 3. The van der Waals surface area contributed by atoms with Crippen LogP contribution in [0.5, 0.6) is 0 Å². The Morgan fingerprint density at radius 3 is 2.07 bits per heavy atom. The van der Waals surface area contributed by atoms with Gasteiger partial charge in [0, 0.05) is 19.0 Å². The highest BCUT2D eigenvalue weighted by molar-refractivity contribution is 5.99. The molecule has 0 fully saturated rings. The lowest BCUT2D eigenvalue weighted by molar-refractivity contribution is -0.119. The second-order valence-electron chi connectivity index (χ2n) is 6.41. The predicted octanol–water partition coefficient (Wildman–Crippen LogP) is 3.71. The summed E-state index contributed by atoms with van der Waals surface area (Å²) in [5, 5.41) is 2.68. The van der Waals surface area contributed by atoms with Gasteiger partial charge >= 0.3 is 5.97 Å². The van der Waals surface area contributed by atoms with E-state index in [9.17, 15) is 14.4 Å². The van der Waals surface area contributed by atoms with E-state index in [2.05, 4.69) is 12.2 Å². The van der Waals surface area contributed by atoms with Gasteiger partial charge in [0.25, 0.3) is 0 Å². The first kappa shape index (κ1) is 20.4. The number of hydrogen-bond acceptors (Lipinski definition) is 4. The SMILES string of the molecule is CCCCc1ccc(C(=O)COC(=O)c2ccc(CNC(C)=O)cc2)cc1. The molecule has 27 heavy (non-hydrogen) atoms. The van der Waals surface area contributed by atoms with Crippen LogP contribution in [0.3, 0.4) is 0 Å². The maximum atomic E-state index is 12.2. The van der Waals surface area contributed by atoms with E-state index in [1.165, 1.54) is 12.5 Å². The smallest absolute Gasteiger partial charge is 0.338 e. The average Bonchev–Trinajstić information content (AvgIpc) is 2.69. The molecule has 2 aromatic rings. The van der Waals surface area contributed by atoms with Gasteiger partial charge in [0.15, 0.2) is 12.4 Å². The van der Waals surface area contributed by atoms with Crippen molar-refractivity contribution in [3.05, 3.63) is 70.8 Å². The van der Waals surface area contributed by atoms with Crippen molar-refractivity contribution in [3.8, 4) is 0 Å². The summed E-state index contributed by atoms with van der Waals surface area (Å²) in [7, 11) is 0. The largest absolute Gasteiger partial charge is 0.454 e. The van der Waals surface area contributed by atoms with Crippen LogP contribution in [0.15, 0.2) is 48.5 Å². The van der Waals surface area contributed by atoms with E-state index in [1.54, 1.807) is 36.4 Å². The highest BCUT2D eigenvalue weighted by Gasteiger charge is 2.12. The summed E-state index contributed by atoms with van der Waals surface area (Å²) in [6, 6.07) is 14.2. The predicted molar refractivity (Wildman–Crippen MR) is 104 cm³/mol. The van der Waals surface area contributed by atoms with Crippen LogP contribution < -0.4 is 5.32 Å². The van der Waals surface area contributed by atoms with Gasteiger partial charge in [-0.05, 0) is 36.1 Å². The van der Waals surface area contributed by atoms with Crippen molar-refractivity contribution in [3.63, 3.8) is 0 Å². The zero-order valence-corrected chi connectivity index (χ0v) is 15.8. The number of aryl methyl sites for hydroxylation is 1. The van der Waals surface area contributed by atoms with Crippen molar-refractivity contribution >= 4 is 17.7 Å². The third kappa shape index (κ3) is 6.70. The van der Waals surface area contributed by atoms with Gasteiger partial charge in [-0.3, -0.25) is 9.59 Å². The van der Waals surface area contributed by atoms with Gasteiger partial charge in [0.05, 0.1) is 5.56 Å². The lowest BCUT2D eigenvalue weighted by atomic mass is 10.0. The summed E-state index contributed by atoms with van der Waals surface area (Å²) in [4.78, 5) is 35.2. The number of hydrogen-bond donors (Lipinski definition) is 1. The lowest BCUT2D eigenvalue weighted by Crippen LogP contribution is -2.19. The van der Waals surface area contributed by atoms with Crippen LogP contribution in [0.4, 0.5) is 0 Å². The molecule has 5 nitrogen and oxygen atoms in total. The molecular weight excluding hydrogens is 342 g/mol. The summed E-state index contributed by atoms with van der Waals surface area (Å²) in [5.41, 5.74) is 2.98. The molecule has 0 bridgehead atoms. The lowest BCUT2D eigenvalue weighted by Gasteiger charge is -2.07. The molecular formula is C22H25NO4. The maximum absolute atomic E-state index is 12.2. The molecule has 0 aliphatic carbocycles. The highest BCUT2D eigenvalue weighted by atomic mass is 16.5. The second kappa shape index (κ2) is 10.3. The van der Waals surface area contributed by atoms with Crippen LogP contribution in [0.2, 0.25) is 0 Å². The Balaban J connectivity index is 1.85. The van der Waals surface area contributed by atoms with Crippen molar-refractivity contribution < 1.29 is 19.1 Å². The summed E-state index contributed by atoms with van der Waals surface area (Å²) in [6.45, 7) is 3.70. The summed E-state index contributed by atoms with van der Waals surface area (Å²) in [6.07, 6.45) is 3.25. The summed E-state index contributed by atoms with van der Waals surface area (Å²) in [5.74, 6) is -0.892. The fraction of sp³-hybridized carbons (Fsp3) is 0.318. The second-order valence-corrected chi connectivity index (χ2v) is 6.41. The topological polar surface area (TPSA) is 72.5 Å². The van der Waals surface area contributed by atoms with Crippen LogP contribution in [-0.2, 0) is 22.5 Å². The van der Waals surface area contributed by atoms with Crippen LogP contribution in [-0.4, -0.2) is 24.3 Å². The van der Waals surface area contributed by atoms with E-state index in [0.717, 1.165) is 24.8 Å². The Hall–Kier alpha value is -2.95. The molecule has 0 radical (unpaired) electrons. The van der Waals surface area contributed by atoms with Crippen molar-refractivity contribution in [1.82, 2.24) is 5.32 Å². The minimum Gasteiger partial charge on any atom is -0.454 e. The molecule has 0 heterocycles. The van der Waals surface area contributed by atoms with Gasteiger partial charge < -0.3 is 10.1 Å². The number of Topliss-reactive ketones (excluding diaryl/α,β-unsaturated/α-hetero) is 1. The van der Waals surface area contributed by atoms with Crippen LogP contribution in [0.25, 0.3) is 0 Å². The Bertz CT molecular complexity index is 779. The van der Waals surface area contributed by atoms with Crippen LogP contribution in [0.1, 0.15) is 58.5 Å². The monoisotopic (exact) mass is 367 g/mol. The molecule has 0 aromatic heterocycles. The fourth-order valence-electron chi connectivity index (χ4n) is 2.52. The van der Waals surface area contributed by atoms with E-state index in [4.69, 9.17) is 4.74 Å². The molecule has 5 heteroatoms. The zero-order chi connectivity index (χ0) is 19.6. The van der Waals surface area contributed by atoms with E-state index in [1.807, 2.05) is 12.1 Å². The van der Waals surface area contributed by atoms with Crippen molar-refractivity contribution in [2.24, 2.45) is 0 Å². The van der Waals surface area contributed by atoms with Crippen molar-refractivity contribution in [2.75, 3.05) is 6.61 Å². The van der Waals surface area contributed by atoms with Gasteiger partial charge in [0.2, 0.25) is 5.91 Å². The maximum Gasteiger partial charge on any atom is 0.338 e. The number of ether oxygens (including phenoxy) is 1. The number of amides is 1. The summed E-state index contributed by atoms with van der Waals surface area (Å²) >= 11 is 0. The Kier molecular flexibility index (Phi) is 7.74.